The minimum absolute atomic E-state index is 0.177. The molecule has 3 nitrogen and oxygen atoms in total. The van der Waals surface area contributed by atoms with Crippen molar-refractivity contribution in [2.45, 2.75) is 39.0 Å². The van der Waals surface area contributed by atoms with Crippen LogP contribution >= 0.6 is 0 Å². The highest BCUT2D eigenvalue weighted by Crippen LogP contribution is 2.27. The molecule has 1 aliphatic rings. The Kier molecular flexibility index (Phi) is 3.80. The Morgan fingerprint density at radius 2 is 2.11 bits per heavy atom. The lowest BCUT2D eigenvalue weighted by Crippen LogP contribution is -2.31. The summed E-state index contributed by atoms with van der Waals surface area (Å²) in [6.07, 6.45) is 3.43. The van der Waals surface area contributed by atoms with Crippen LogP contribution in [0.4, 0.5) is 5.69 Å². The van der Waals surface area contributed by atoms with Crippen LogP contribution in [0.3, 0.4) is 0 Å². The van der Waals surface area contributed by atoms with Crippen molar-refractivity contribution in [1.82, 2.24) is 0 Å². The molecule has 0 aliphatic carbocycles. The fourth-order valence-electron chi connectivity index (χ4n) is 2.33. The van der Waals surface area contributed by atoms with Crippen LogP contribution in [0.25, 0.3) is 0 Å². The topological polar surface area (TPSA) is 37.4 Å². The van der Waals surface area contributed by atoms with Gasteiger partial charge in [-0.05, 0) is 30.0 Å². The van der Waals surface area contributed by atoms with E-state index in [9.17, 15) is 9.59 Å². The van der Waals surface area contributed by atoms with E-state index in [-0.39, 0.29) is 5.91 Å². The Morgan fingerprint density at radius 3 is 2.83 bits per heavy atom. The van der Waals surface area contributed by atoms with Gasteiger partial charge in [-0.1, -0.05) is 19.1 Å². The van der Waals surface area contributed by atoms with Crippen molar-refractivity contribution >= 4 is 17.4 Å². The van der Waals surface area contributed by atoms with E-state index in [1.54, 1.807) is 4.90 Å². The zero-order chi connectivity index (χ0) is 13.1. The van der Waals surface area contributed by atoms with Crippen LogP contribution in [0.5, 0.6) is 0 Å². The molecular weight excluding hydrogens is 226 g/mol. The molecule has 1 aliphatic heterocycles. The van der Waals surface area contributed by atoms with Crippen LogP contribution in [-0.2, 0) is 22.4 Å². The average molecular weight is 245 g/mol. The van der Waals surface area contributed by atoms with Crippen LogP contribution in [0.1, 0.15) is 37.3 Å². The number of fused-ring (bicyclic) bond motifs is 1. The third-order valence-electron chi connectivity index (χ3n) is 3.57. The van der Waals surface area contributed by atoms with Crippen LogP contribution in [0.15, 0.2) is 18.2 Å². The second kappa shape index (κ2) is 5.34. The number of rotatable bonds is 4. The van der Waals surface area contributed by atoms with Crippen LogP contribution in [-0.4, -0.2) is 18.7 Å². The molecule has 96 valence electrons. The molecule has 18 heavy (non-hydrogen) atoms. The first kappa shape index (κ1) is 12.8. The Hall–Kier alpha value is -1.64. The van der Waals surface area contributed by atoms with Crippen molar-refractivity contribution in [3.05, 3.63) is 29.3 Å². The van der Waals surface area contributed by atoms with Crippen molar-refractivity contribution in [1.29, 1.82) is 0 Å². The van der Waals surface area contributed by atoms with Gasteiger partial charge in [-0.25, -0.2) is 0 Å². The van der Waals surface area contributed by atoms with Gasteiger partial charge in [0.2, 0.25) is 5.91 Å². The molecule has 1 aromatic rings. The van der Waals surface area contributed by atoms with E-state index in [0.29, 0.717) is 25.0 Å². The van der Waals surface area contributed by atoms with Gasteiger partial charge in [-0.2, -0.15) is 0 Å². The summed E-state index contributed by atoms with van der Waals surface area (Å²) in [6.45, 7) is 1.90. The van der Waals surface area contributed by atoms with Crippen LogP contribution in [0.2, 0.25) is 0 Å². The third-order valence-corrected chi connectivity index (χ3v) is 3.57. The molecule has 0 N–H and O–H groups in total. The Labute approximate surface area is 108 Å². The number of hydrogen-bond acceptors (Lipinski definition) is 2. The molecule has 0 fully saturated rings. The van der Waals surface area contributed by atoms with Gasteiger partial charge in [0.1, 0.15) is 5.78 Å². The van der Waals surface area contributed by atoms with E-state index < -0.39 is 0 Å². The summed E-state index contributed by atoms with van der Waals surface area (Å²) in [7, 11) is 1.82. The van der Waals surface area contributed by atoms with Gasteiger partial charge >= 0.3 is 0 Å². The van der Waals surface area contributed by atoms with Gasteiger partial charge in [0.25, 0.3) is 0 Å². The lowest BCUT2D eigenvalue weighted by Gasteiger charge is -2.26. The quantitative estimate of drug-likeness (QED) is 0.817. The Morgan fingerprint density at radius 1 is 1.33 bits per heavy atom. The number of hydrogen-bond donors (Lipinski definition) is 0. The molecule has 0 unspecified atom stereocenters. The first-order valence-electron chi connectivity index (χ1n) is 6.52. The second-order valence-electron chi connectivity index (χ2n) is 4.81. The molecule has 1 heterocycles. The molecule has 0 spiro atoms. The number of carbonyl (C=O) groups is 2. The summed E-state index contributed by atoms with van der Waals surface area (Å²) in [6, 6.07) is 6.16. The van der Waals surface area contributed by atoms with E-state index >= 15 is 0 Å². The van der Waals surface area contributed by atoms with Crippen molar-refractivity contribution in [3.8, 4) is 0 Å². The molecule has 0 bridgehead atoms. The number of anilines is 1. The van der Waals surface area contributed by atoms with Gasteiger partial charge in [-0.3, -0.25) is 9.59 Å². The predicted molar refractivity (Wildman–Crippen MR) is 71.8 cm³/mol. The van der Waals surface area contributed by atoms with Crippen molar-refractivity contribution in [2.75, 3.05) is 11.9 Å². The lowest BCUT2D eigenvalue weighted by atomic mass is 9.97. The van der Waals surface area contributed by atoms with Gasteiger partial charge in [0.05, 0.1) is 0 Å². The molecule has 0 radical (unpaired) electrons. The van der Waals surface area contributed by atoms with E-state index in [2.05, 4.69) is 6.07 Å². The van der Waals surface area contributed by atoms with Gasteiger partial charge in [-0.15, -0.1) is 0 Å². The fraction of sp³-hybridized carbons (Fsp3) is 0.467. The monoisotopic (exact) mass is 245 g/mol. The molecule has 3 heteroatoms. The first-order chi connectivity index (χ1) is 8.61. The number of carbonyl (C=O) groups excluding carboxylic acids is 2. The second-order valence-corrected chi connectivity index (χ2v) is 4.81. The maximum Gasteiger partial charge on any atom is 0.227 e. The molecule has 0 saturated carbocycles. The number of ketones is 1. The molecule has 2 rings (SSSR count). The van der Waals surface area contributed by atoms with E-state index in [0.717, 1.165) is 18.5 Å². The average Bonchev–Trinajstić information content (AvgIpc) is 2.40. The molecular formula is C15H19NO2. The summed E-state index contributed by atoms with van der Waals surface area (Å²) in [5, 5.41) is 0. The highest BCUT2D eigenvalue weighted by atomic mass is 16.2. The summed E-state index contributed by atoms with van der Waals surface area (Å²) in [4.78, 5) is 24.6. The lowest BCUT2D eigenvalue weighted by molar-refractivity contribution is -0.119. The van der Waals surface area contributed by atoms with Crippen LogP contribution < -0.4 is 4.90 Å². The Balaban J connectivity index is 2.13. The van der Waals surface area contributed by atoms with Crippen molar-refractivity contribution < 1.29 is 9.59 Å². The van der Waals surface area contributed by atoms with Gasteiger partial charge in [0, 0.05) is 32.0 Å². The molecule has 0 atom stereocenters. The number of amides is 1. The predicted octanol–water partition coefficient (Wildman–Crippen LogP) is 2.51. The fourth-order valence-corrected chi connectivity index (χ4v) is 2.33. The molecule has 1 amide bonds. The van der Waals surface area contributed by atoms with E-state index in [1.165, 1.54) is 11.1 Å². The number of Topliss-reactive ketones (excluding diaryl/α,β-unsaturated/α-hetero) is 1. The van der Waals surface area contributed by atoms with Crippen LogP contribution in [0, 0.1) is 0 Å². The summed E-state index contributed by atoms with van der Waals surface area (Å²) >= 11 is 0. The normalized spacial score (nSPS) is 14.6. The Bertz CT molecular complexity index is 479. The van der Waals surface area contributed by atoms with Gasteiger partial charge < -0.3 is 4.90 Å². The SMILES string of the molecule is CCC(=O)CCc1ccc2c(c1)CCC(=O)N2C. The zero-order valence-electron chi connectivity index (χ0n) is 11.0. The maximum atomic E-state index is 11.6. The smallest absolute Gasteiger partial charge is 0.227 e. The standard InChI is InChI=1S/C15H19NO2/c1-3-13(17)7-4-11-5-8-14-12(10-11)6-9-15(18)16(14)2/h5,8,10H,3-4,6-7,9H2,1-2H3. The first-order valence-corrected chi connectivity index (χ1v) is 6.52. The highest BCUT2D eigenvalue weighted by Gasteiger charge is 2.20. The number of aryl methyl sites for hydroxylation is 2. The summed E-state index contributed by atoms with van der Waals surface area (Å²) in [5.41, 5.74) is 3.42. The maximum absolute atomic E-state index is 11.6. The molecule has 0 aromatic heterocycles. The number of benzene rings is 1. The minimum atomic E-state index is 0.177. The largest absolute Gasteiger partial charge is 0.315 e. The summed E-state index contributed by atoms with van der Waals surface area (Å²) < 4.78 is 0. The number of nitrogens with zero attached hydrogens (tertiary/aromatic N) is 1. The van der Waals surface area contributed by atoms with Crippen molar-refractivity contribution in [3.63, 3.8) is 0 Å². The molecule has 1 aromatic carbocycles. The van der Waals surface area contributed by atoms with E-state index in [4.69, 9.17) is 0 Å². The molecule has 0 saturated heterocycles. The zero-order valence-corrected chi connectivity index (χ0v) is 11.0. The van der Waals surface area contributed by atoms with Crippen molar-refractivity contribution in [2.24, 2.45) is 0 Å². The van der Waals surface area contributed by atoms with E-state index in [1.807, 2.05) is 26.1 Å². The van der Waals surface area contributed by atoms with Gasteiger partial charge in [0.15, 0.2) is 0 Å². The minimum Gasteiger partial charge on any atom is -0.315 e. The third kappa shape index (κ3) is 2.61. The summed E-state index contributed by atoms with van der Waals surface area (Å²) in [5.74, 6) is 0.483. The highest BCUT2D eigenvalue weighted by molar-refractivity contribution is 5.95.